The van der Waals surface area contributed by atoms with E-state index in [-0.39, 0.29) is 12.1 Å². The first kappa shape index (κ1) is 28.7. The zero-order chi connectivity index (χ0) is 29.3. The van der Waals surface area contributed by atoms with E-state index in [0.717, 1.165) is 0 Å². The molecule has 3 unspecified atom stereocenters. The summed E-state index contributed by atoms with van der Waals surface area (Å²) in [7, 11) is 0. The number of carboxylic acid groups (broad SMARTS) is 1. The number of aromatic nitrogens is 3. The van der Waals surface area contributed by atoms with Gasteiger partial charge >= 0.3 is 6.09 Å². The minimum atomic E-state index is -1.11. The zero-order valence-corrected chi connectivity index (χ0v) is 23.5. The summed E-state index contributed by atoms with van der Waals surface area (Å²) >= 11 is 0. The molecule has 4 heterocycles. The smallest absolute Gasteiger partial charge is 0.407 e. The molecule has 12 heteroatoms. The maximum atomic E-state index is 14.0. The molecular formula is C29H36FN5O6. The van der Waals surface area contributed by atoms with Crippen LogP contribution in [0.5, 0.6) is 11.5 Å². The Morgan fingerprint density at radius 2 is 1.90 bits per heavy atom. The highest BCUT2D eigenvalue weighted by molar-refractivity contribution is 5.74. The lowest BCUT2D eigenvalue weighted by Gasteiger charge is -2.48. The third-order valence-electron chi connectivity index (χ3n) is 7.85. The van der Waals surface area contributed by atoms with Gasteiger partial charge in [0.15, 0.2) is 11.5 Å². The van der Waals surface area contributed by atoms with Crippen LogP contribution in [-0.4, -0.2) is 85.6 Å². The maximum absolute atomic E-state index is 14.0. The number of amides is 1. The van der Waals surface area contributed by atoms with Gasteiger partial charge in [-0.25, -0.2) is 14.2 Å². The van der Waals surface area contributed by atoms with Crippen molar-refractivity contribution in [1.29, 1.82) is 0 Å². The molecular weight excluding hydrogens is 533 g/mol. The van der Waals surface area contributed by atoms with Gasteiger partial charge in [0, 0.05) is 44.2 Å². The van der Waals surface area contributed by atoms with Crippen molar-refractivity contribution in [3.05, 3.63) is 58.5 Å². The van der Waals surface area contributed by atoms with E-state index in [4.69, 9.17) is 9.47 Å². The number of rotatable bonds is 7. The molecule has 0 aliphatic carbocycles. The highest BCUT2D eigenvalue weighted by Gasteiger charge is 2.44. The van der Waals surface area contributed by atoms with Crippen LogP contribution in [0.15, 0.2) is 41.5 Å². The highest BCUT2D eigenvalue weighted by Crippen LogP contribution is 2.37. The maximum Gasteiger partial charge on any atom is 0.407 e. The number of hydrogen-bond donors (Lipinski definition) is 2. The SMILES string of the molecule is CC(C)(C)C(C1CN(CCn2c(=O)cnc3ccc(F)cc32)CCC1O)N(Cc1cc2c(cn1)OCCO2)C(=O)O. The van der Waals surface area contributed by atoms with Crippen LogP contribution in [0, 0.1) is 17.2 Å². The van der Waals surface area contributed by atoms with Crippen molar-refractivity contribution in [3.63, 3.8) is 0 Å². The lowest BCUT2D eigenvalue weighted by molar-refractivity contribution is -0.0500. The summed E-state index contributed by atoms with van der Waals surface area (Å²) in [6.45, 7) is 8.52. The Balaban J connectivity index is 1.37. The quantitative estimate of drug-likeness (QED) is 0.441. The van der Waals surface area contributed by atoms with E-state index < -0.39 is 35.4 Å². The Bertz CT molecular complexity index is 1470. The van der Waals surface area contributed by atoms with Crippen molar-refractivity contribution in [3.8, 4) is 11.5 Å². The van der Waals surface area contributed by atoms with E-state index in [2.05, 4.69) is 14.9 Å². The number of nitrogens with zero attached hydrogens (tertiary/aromatic N) is 5. The van der Waals surface area contributed by atoms with Crippen LogP contribution in [0.4, 0.5) is 9.18 Å². The minimum Gasteiger partial charge on any atom is -0.486 e. The van der Waals surface area contributed by atoms with Crippen LogP contribution in [0.1, 0.15) is 32.9 Å². The standard InChI is InChI=1S/C29H36FN5O6/c1-29(2,3)27(35(28(38)39)16-19-13-24-25(14-31-19)41-11-10-40-24)20-17-33(7-6-23(20)36)8-9-34-22-12-18(30)4-5-21(22)32-15-26(34)37/h4-5,12-15,20,23,27,36H,6-11,16-17H2,1-3H3,(H,38,39). The molecule has 2 aliphatic rings. The molecule has 220 valence electrons. The molecule has 2 N–H and O–H groups in total. The van der Waals surface area contributed by atoms with Crippen molar-refractivity contribution in [1.82, 2.24) is 24.3 Å². The molecule has 3 atom stereocenters. The Kier molecular flexibility index (Phi) is 8.14. The van der Waals surface area contributed by atoms with Crippen LogP contribution in [0.3, 0.4) is 0 Å². The summed E-state index contributed by atoms with van der Waals surface area (Å²) in [6.07, 6.45) is 1.40. The Morgan fingerprint density at radius 3 is 2.63 bits per heavy atom. The third-order valence-corrected chi connectivity index (χ3v) is 7.85. The van der Waals surface area contributed by atoms with Crippen molar-refractivity contribution >= 4 is 17.1 Å². The number of fused-ring (bicyclic) bond motifs is 2. The molecule has 2 aliphatic heterocycles. The Hall–Kier alpha value is -3.77. The van der Waals surface area contributed by atoms with Gasteiger partial charge < -0.3 is 29.2 Å². The van der Waals surface area contributed by atoms with Crippen LogP contribution < -0.4 is 15.0 Å². The molecule has 0 spiro atoms. The number of hydrogen-bond acceptors (Lipinski definition) is 8. The van der Waals surface area contributed by atoms with E-state index in [1.54, 1.807) is 18.3 Å². The lowest BCUT2D eigenvalue weighted by atomic mass is 9.73. The molecule has 11 nitrogen and oxygen atoms in total. The van der Waals surface area contributed by atoms with E-state index >= 15 is 0 Å². The molecule has 0 bridgehead atoms. The van der Waals surface area contributed by atoms with Crippen LogP contribution >= 0.6 is 0 Å². The summed E-state index contributed by atoms with van der Waals surface area (Å²) in [5, 5.41) is 21.5. The second-order valence-electron chi connectivity index (χ2n) is 11.7. The largest absolute Gasteiger partial charge is 0.486 e. The summed E-state index contributed by atoms with van der Waals surface area (Å²) in [6, 6.07) is 5.30. The van der Waals surface area contributed by atoms with Crippen molar-refractivity contribution in [2.45, 2.75) is 52.4 Å². The topological polar surface area (TPSA) is 130 Å². The van der Waals surface area contributed by atoms with E-state index in [0.29, 0.717) is 74.0 Å². The van der Waals surface area contributed by atoms with E-state index in [1.165, 1.54) is 27.8 Å². The normalized spacial score (nSPS) is 20.1. The van der Waals surface area contributed by atoms with E-state index in [1.807, 2.05) is 20.8 Å². The summed E-state index contributed by atoms with van der Waals surface area (Å²) in [5.41, 5.74) is 0.618. The first-order chi connectivity index (χ1) is 19.5. The number of carbonyl (C=O) groups is 1. The van der Waals surface area contributed by atoms with Gasteiger partial charge in [0.2, 0.25) is 0 Å². The van der Waals surface area contributed by atoms with Crippen molar-refractivity contribution < 1.29 is 28.9 Å². The number of halogens is 1. The van der Waals surface area contributed by atoms with Crippen molar-refractivity contribution in [2.24, 2.45) is 11.3 Å². The van der Waals surface area contributed by atoms with Gasteiger partial charge in [-0.1, -0.05) is 20.8 Å². The molecule has 41 heavy (non-hydrogen) atoms. The van der Waals surface area contributed by atoms with Crippen LogP contribution in [-0.2, 0) is 13.1 Å². The fourth-order valence-electron chi connectivity index (χ4n) is 6.04. The fourth-order valence-corrected chi connectivity index (χ4v) is 6.04. The second-order valence-corrected chi connectivity index (χ2v) is 11.7. The third kappa shape index (κ3) is 6.28. The van der Waals surface area contributed by atoms with Gasteiger partial charge in [-0.2, -0.15) is 0 Å². The molecule has 0 radical (unpaired) electrons. The molecule has 1 saturated heterocycles. The van der Waals surface area contributed by atoms with Gasteiger partial charge in [-0.3, -0.25) is 14.7 Å². The van der Waals surface area contributed by atoms with Gasteiger partial charge in [-0.05, 0) is 30.0 Å². The number of benzene rings is 1. The second kappa shape index (κ2) is 11.6. The number of pyridine rings is 1. The number of likely N-dealkylation sites (tertiary alicyclic amines) is 1. The Labute approximate surface area is 237 Å². The number of ether oxygens (including phenoxy) is 2. The van der Waals surface area contributed by atoms with Crippen molar-refractivity contribution in [2.75, 3.05) is 32.8 Å². The molecule has 1 amide bonds. The molecule has 3 aromatic rings. The predicted octanol–water partition coefficient (Wildman–Crippen LogP) is 2.98. The number of piperidine rings is 1. The first-order valence-electron chi connectivity index (χ1n) is 13.8. The highest BCUT2D eigenvalue weighted by atomic mass is 19.1. The predicted molar refractivity (Wildman–Crippen MR) is 149 cm³/mol. The molecule has 1 fully saturated rings. The number of aliphatic hydroxyl groups is 1. The molecule has 5 rings (SSSR count). The average Bonchev–Trinajstić information content (AvgIpc) is 2.92. The van der Waals surface area contributed by atoms with Gasteiger partial charge in [0.25, 0.3) is 5.56 Å². The fraction of sp³-hybridized carbons (Fsp3) is 0.517. The van der Waals surface area contributed by atoms with Gasteiger partial charge in [0.1, 0.15) is 19.0 Å². The summed E-state index contributed by atoms with van der Waals surface area (Å²) in [5.74, 6) is 0.201. The summed E-state index contributed by atoms with van der Waals surface area (Å²) < 4.78 is 26.7. The minimum absolute atomic E-state index is 0.0150. The average molecular weight is 570 g/mol. The van der Waals surface area contributed by atoms with Gasteiger partial charge in [0.05, 0.1) is 41.8 Å². The number of aliphatic hydroxyl groups excluding tert-OH is 1. The van der Waals surface area contributed by atoms with Gasteiger partial charge in [-0.15, -0.1) is 0 Å². The first-order valence-corrected chi connectivity index (χ1v) is 13.8. The van der Waals surface area contributed by atoms with Crippen LogP contribution in [0.2, 0.25) is 0 Å². The Morgan fingerprint density at radius 1 is 1.15 bits per heavy atom. The zero-order valence-electron chi connectivity index (χ0n) is 23.5. The van der Waals surface area contributed by atoms with E-state index in [9.17, 15) is 24.2 Å². The lowest BCUT2D eigenvalue weighted by Crippen LogP contribution is -2.59. The molecule has 2 aromatic heterocycles. The van der Waals surface area contributed by atoms with Crippen LogP contribution in [0.25, 0.3) is 11.0 Å². The summed E-state index contributed by atoms with van der Waals surface area (Å²) in [4.78, 5) is 37.3. The molecule has 1 aromatic carbocycles. The monoisotopic (exact) mass is 569 g/mol. The molecule has 0 saturated carbocycles.